The van der Waals surface area contributed by atoms with Crippen LogP contribution in [0.4, 0.5) is 11.4 Å². The fourth-order valence-electron chi connectivity index (χ4n) is 3.02. The number of aliphatic hydroxyl groups is 1. The van der Waals surface area contributed by atoms with Crippen LogP contribution >= 0.6 is 0 Å². The van der Waals surface area contributed by atoms with E-state index in [1.165, 1.54) is 12.1 Å². The number of hydrogen-bond donors (Lipinski definition) is 2. The summed E-state index contributed by atoms with van der Waals surface area (Å²) in [4.78, 5) is 10.5. The van der Waals surface area contributed by atoms with Gasteiger partial charge in [0.2, 0.25) is 0 Å². The van der Waals surface area contributed by atoms with Gasteiger partial charge in [-0.15, -0.1) is 0 Å². The lowest BCUT2D eigenvalue weighted by Gasteiger charge is -2.21. The molecule has 0 saturated carbocycles. The minimum atomic E-state index is -0.530. The van der Waals surface area contributed by atoms with Gasteiger partial charge in [0.25, 0.3) is 5.69 Å². The number of hydrogen-bond acceptors (Lipinski definition) is 5. The Balaban J connectivity index is 1.92. The molecule has 0 radical (unpaired) electrons. The minimum absolute atomic E-state index is 0.0231. The summed E-state index contributed by atoms with van der Waals surface area (Å²) in [6, 6.07) is 12.3. The van der Waals surface area contributed by atoms with Crippen LogP contribution in [0.15, 0.2) is 42.5 Å². The van der Waals surface area contributed by atoms with E-state index in [1.54, 1.807) is 13.2 Å². The van der Waals surface area contributed by atoms with Crippen LogP contribution in [0.3, 0.4) is 0 Å². The lowest BCUT2D eigenvalue weighted by Crippen LogP contribution is -2.21. The van der Waals surface area contributed by atoms with E-state index in [2.05, 4.69) is 5.32 Å². The average Bonchev–Trinajstić information content (AvgIpc) is 2.85. The number of nitro groups is 1. The van der Waals surface area contributed by atoms with Crippen molar-refractivity contribution in [1.82, 2.24) is 0 Å². The van der Waals surface area contributed by atoms with E-state index >= 15 is 0 Å². The zero-order valence-corrected chi connectivity index (χ0v) is 12.7. The zero-order valence-electron chi connectivity index (χ0n) is 12.7. The molecule has 1 aliphatic carbocycles. The zero-order chi connectivity index (χ0) is 16.4. The summed E-state index contributed by atoms with van der Waals surface area (Å²) in [5.41, 5.74) is 3.63. The highest BCUT2D eigenvalue weighted by molar-refractivity contribution is 5.58. The monoisotopic (exact) mass is 314 g/mol. The maximum Gasteiger partial charge on any atom is 0.269 e. The number of anilines is 1. The molecule has 0 aliphatic heterocycles. The highest BCUT2D eigenvalue weighted by Crippen LogP contribution is 2.35. The number of ether oxygens (including phenoxy) is 1. The Hall–Kier alpha value is -2.44. The van der Waals surface area contributed by atoms with Crippen molar-refractivity contribution < 1.29 is 14.8 Å². The maximum absolute atomic E-state index is 10.9. The molecule has 2 N–H and O–H groups in total. The largest absolute Gasteiger partial charge is 0.390 e. The van der Waals surface area contributed by atoms with Crippen LogP contribution < -0.4 is 5.32 Å². The fraction of sp³-hybridized carbons (Fsp3) is 0.294. The van der Waals surface area contributed by atoms with Gasteiger partial charge >= 0.3 is 0 Å². The average molecular weight is 314 g/mol. The normalized spacial score (nSPS) is 19.4. The summed E-state index contributed by atoms with van der Waals surface area (Å²) in [6.45, 7) is 0.258. The van der Waals surface area contributed by atoms with Gasteiger partial charge < -0.3 is 15.2 Å². The maximum atomic E-state index is 10.9. The molecular weight excluding hydrogens is 296 g/mol. The van der Waals surface area contributed by atoms with E-state index in [0.29, 0.717) is 12.0 Å². The van der Waals surface area contributed by atoms with Crippen LogP contribution in [-0.4, -0.2) is 23.2 Å². The van der Waals surface area contributed by atoms with Crippen molar-refractivity contribution in [2.75, 3.05) is 12.4 Å². The van der Waals surface area contributed by atoms with Gasteiger partial charge in [-0.25, -0.2) is 0 Å². The molecule has 0 heterocycles. The lowest BCUT2D eigenvalue weighted by molar-refractivity contribution is -0.384. The third-order valence-electron chi connectivity index (χ3n) is 4.11. The van der Waals surface area contributed by atoms with Gasteiger partial charge in [0.15, 0.2) is 0 Å². The molecule has 0 aromatic heterocycles. The lowest BCUT2D eigenvalue weighted by atomic mass is 10.1. The molecule has 120 valence electrons. The summed E-state index contributed by atoms with van der Waals surface area (Å²) in [7, 11) is 1.54. The molecule has 2 aromatic rings. The Kier molecular flexibility index (Phi) is 4.27. The first-order chi connectivity index (χ1) is 11.1. The molecule has 3 rings (SSSR count). The number of methoxy groups -OCH3 is 1. The van der Waals surface area contributed by atoms with Crippen molar-refractivity contribution in [2.45, 2.75) is 25.2 Å². The summed E-state index contributed by atoms with van der Waals surface area (Å²) >= 11 is 0. The number of rotatable bonds is 5. The van der Waals surface area contributed by atoms with Crippen molar-refractivity contribution in [3.05, 3.63) is 69.3 Å². The summed E-state index contributed by atoms with van der Waals surface area (Å²) in [5.74, 6) is 0. The van der Waals surface area contributed by atoms with Gasteiger partial charge in [-0.05, 0) is 17.2 Å². The fourth-order valence-corrected chi connectivity index (χ4v) is 3.02. The van der Waals surface area contributed by atoms with Crippen LogP contribution in [0.5, 0.6) is 0 Å². The Morgan fingerprint density at radius 3 is 2.87 bits per heavy atom. The highest BCUT2D eigenvalue weighted by Gasteiger charge is 2.31. The minimum Gasteiger partial charge on any atom is -0.390 e. The van der Waals surface area contributed by atoms with Crippen molar-refractivity contribution in [1.29, 1.82) is 0 Å². The molecule has 6 heteroatoms. The standard InChI is InChI=1S/C17H18N2O4/c1-23-10-12-8-13(19(21)22)6-7-15(12)18-17-14-5-3-2-4-11(14)9-16(17)20/h2-8,16-18,20H,9-10H2,1H3/t16-,17+/m1/s1. The second-order valence-corrected chi connectivity index (χ2v) is 5.62. The van der Waals surface area contributed by atoms with E-state index in [0.717, 1.165) is 16.8 Å². The molecule has 1 aliphatic rings. The Labute approximate surface area is 133 Å². The molecule has 0 unspecified atom stereocenters. The Morgan fingerprint density at radius 2 is 2.13 bits per heavy atom. The smallest absolute Gasteiger partial charge is 0.269 e. The van der Waals surface area contributed by atoms with Gasteiger partial charge in [0.1, 0.15) is 0 Å². The van der Waals surface area contributed by atoms with Crippen LogP contribution in [0.2, 0.25) is 0 Å². The molecule has 0 saturated heterocycles. The van der Waals surface area contributed by atoms with Crippen molar-refractivity contribution >= 4 is 11.4 Å². The van der Waals surface area contributed by atoms with Gasteiger partial charge in [-0.1, -0.05) is 24.3 Å². The van der Waals surface area contributed by atoms with Gasteiger partial charge in [-0.2, -0.15) is 0 Å². The molecule has 0 spiro atoms. The first-order valence-electron chi connectivity index (χ1n) is 7.39. The number of nitrogens with one attached hydrogen (secondary N) is 1. The number of nitro benzene ring substituents is 1. The predicted molar refractivity (Wildman–Crippen MR) is 86.3 cm³/mol. The summed E-state index contributed by atoms with van der Waals surface area (Å²) in [5, 5.41) is 24.6. The van der Waals surface area contributed by atoms with Crippen molar-refractivity contribution in [3.63, 3.8) is 0 Å². The number of fused-ring (bicyclic) bond motifs is 1. The van der Waals surface area contributed by atoms with Crippen molar-refractivity contribution in [3.8, 4) is 0 Å². The van der Waals surface area contributed by atoms with E-state index in [9.17, 15) is 15.2 Å². The number of benzene rings is 2. The first kappa shape index (κ1) is 15.5. The van der Waals surface area contributed by atoms with Crippen LogP contribution in [0, 0.1) is 10.1 Å². The second-order valence-electron chi connectivity index (χ2n) is 5.62. The molecule has 0 amide bonds. The number of aliphatic hydroxyl groups excluding tert-OH is 1. The molecule has 0 bridgehead atoms. The molecular formula is C17H18N2O4. The van der Waals surface area contributed by atoms with E-state index in [1.807, 2.05) is 24.3 Å². The number of non-ortho nitro benzene ring substituents is 1. The Bertz CT molecular complexity index is 732. The van der Waals surface area contributed by atoms with Gasteiger partial charge in [0, 0.05) is 36.9 Å². The quantitative estimate of drug-likeness (QED) is 0.655. The van der Waals surface area contributed by atoms with E-state index in [-0.39, 0.29) is 18.3 Å². The van der Waals surface area contributed by atoms with Crippen LogP contribution in [0.25, 0.3) is 0 Å². The van der Waals surface area contributed by atoms with Crippen molar-refractivity contribution in [2.24, 2.45) is 0 Å². The summed E-state index contributed by atoms with van der Waals surface area (Å²) in [6.07, 6.45) is 0.0680. The summed E-state index contributed by atoms with van der Waals surface area (Å²) < 4.78 is 5.14. The molecule has 2 atom stereocenters. The van der Waals surface area contributed by atoms with E-state index in [4.69, 9.17) is 4.74 Å². The van der Waals surface area contributed by atoms with Crippen LogP contribution in [0.1, 0.15) is 22.7 Å². The topological polar surface area (TPSA) is 84.6 Å². The molecule has 23 heavy (non-hydrogen) atoms. The van der Waals surface area contributed by atoms with Gasteiger partial charge in [-0.3, -0.25) is 10.1 Å². The predicted octanol–water partition coefficient (Wildman–Crippen LogP) is 2.81. The number of nitrogens with zero attached hydrogens (tertiary/aromatic N) is 1. The third kappa shape index (κ3) is 3.04. The third-order valence-corrected chi connectivity index (χ3v) is 4.11. The Morgan fingerprint density at radius 1 is 1.35 bits per heavy atom. The highest BCUT2D eigenvalue weighted by atomic mass is 16.6. The first-order valence-corrected chi connectivity index (χ1v) is 7.39. The van der Waals surface area contributed by atoms with Gasteiger partial charge in [0.05, 0.1) is 23.7 Å². The SMILES string of the molecule is COCc1cc([N+](=O)[O-])ccc1N[C@H]1c2ccccc2C[C@H]1O. The molecule has 0 fully saturated rings. The van der Waals surface area contributed by atoms with Crippen LogP contribution in [-0.2, 0) is 17.8 Å². The second kappa shape index (κ2) is 6.36. The molecule has 6 nitrogen and oxygen atoms in total. The molecule has 2 aromatic carbocycles. The van der Waals surface area contributed by atoms with E-state index < -0.39 is 11.0 Å².